The quantitative estimate of drug-likeness (QED) is 0.790. The van der Waals surface area contributed by atoms with Crippen LogP contribution in [0.3, 0.4) is 0 Å². The van der Waals surface area contributed by atoms with Gasteiger partial charge in [0.15, 0.2) is 0 Å². The molecule has 0 unspecified atom stereocenters. The Kier molecular flexibility index (Phi) is 4.85. The molecule has 0 amide bonds. The first-order valence-corrected chi connectivity index (χ1v) is 6.58. The van der Waals surface area contributed by atoms with Gasteiger partial charge in [-0.05, 0) is 18.6 Å². The summed E-state index contributed by atoms with van der Waals surface area (Å²) in [5.74, 6) is 0. The topological polar surface area (TPSA) is 70.5 Å². The zero-order valence-corrected chi connectivity index (χ0v) is 10.0. The Balaban J connectivity index is 2.91. The lowest BCUT2D eigenvalue weighted by Gasteiger charge is -2.19. The number of hydrogen-bond donors (Lipinski definition) is 1. The van der Waals surface area contributed by atoms with Crippen LogP contribution in [0.25, 0.3) is 0 Å². The van der Waals surface area contributed by atoms with Crippen molar-refractivity contribution in [1.82, 2.24) is 9.29 Å². The molecule has 6 heteroatoms. The first-order chi connectivity index (χ1) is 7.62. The van der Waals surface area contributed by atoms with E-state index < -0.39 is 10.0 Å². The van der Waals surface area contributed by atoms with E-state index >= 15 is 0 Å². The summed E-state index contributed by atoms with van der Waals surface area (Å²) in [7, 11) is -3.46. The highest BCUT2D eigenvalue weighted by atomic mass is 32.2. The molecule has 0 aromatic carbocycles. The highest BCUT2D eigenvalue weighted by Gasteiger charge is 2.22. The lowest BCUT2D eigenvalue weighted by atomic mass is 10.4. The van der Waals surface area contributed by atoms with Gasteiger partial charge in [0.25, 0.3) is 0 Å². The molecule has 0 atom stereocenters. The molecule has 0 saturated carbocycles. The van der Waals surface area contributed by atoms with E-state index in [1.54, 1.807) is 13.0 Å². The van der Waals surface area contributed by atoms with Crippen molar-refractivity contribution in [2.45, 2.75) is 18.2 Å². The fourth-order valence-corrected chi connectivity index (χ4v) is 2.80. The lowest BCUT2D eigenvalue weighted by Crippen LogP contribution is -2.32. The van der Waals surface area contributed by atoms with E-state index in [0.29, 0.717) is 19.5 Å². The molecule has 0 spiro atoms. The smallest absolute Gasteiger partial charge is 0.244 e. The first kappa shape index (κ1) is 13.1. The van der Waals surface area contributed by atoms with Gasteiger partial charge in [-0.3, -0.25) is 4.98 Å². The van der Waals surface area contributed by atoms with Crippen LogP contribution in [-0.2, 0) is 10.0 Å². The summed E-state index contributed by atoms with van der Waals surface area (Å²) in [5.41, 5.74) is 0. The van der Waals surface area contributed by atoms with Crippen LogP contribution in [0.4, 0.5) is 0 Å². The summed E-state index contributed by atoms with van der Waals surface area (Å²) in [6.45, 7) is 2.46. The summed E-state index contributed by atoms with van der Waals surface area (Å²) >= 11 is 0. The Morgan fingerprint density at radius 1 is 1.50 bits per heavy atom. The van der Waals surface area contributed by atoms with Crippen molar-refractivity contribution in [1.29, 1.82) is 0 Å². The van der Waals surface area contributed by atoms with Crippen molar-refractivity contribution >= 4 is 10.0 Å². The van der Waals surface area contributed by atoms with Crippen LogP contribution in [0, 0.1) is 0 Å². The van der Waals surface area contributed by atoms with Crippen LogP contribution >= 0.6 is 0 Å². The molecule has 0 aliphatic heterocycles. The van der Waals surface area contributed by atoms with Gasteiger partial charge < -0.3 is 5.11 Å². The Morgan fingerprint density at radius 2 is 2.25 bits per heavy atom. The number of aliphatic hydroxyl groups excluding tert-OH is 1. The lowest BCUT2D eigenvalue weighted by molar-refractivity contribution is 0.271. The zero-order valence-electron chi connectivity index (χ0n) is 9.20. The zero-order chi connectivity index (χ0) is 12.0. The third-order valence-corrected chi connectivity index (χ3v) is 4.15. The van der Waals surface area contributed by atoms with Crippen molar-refractivity contribution in [3.8, 4) is 0 Å². The van der Waals surface area contributed by atoms with Crippen LogP contribution in [0.2, 0.25) is 0 Å². The van der Waals surface area contributed by atoms with Gasteiger partial charge >= 0.3 is 0 Å². The Hall–Kier alpha value is -0.980. The minimum absolute atomic E-state index is 0.0148. The van der Waals surface area contributed by atoms with Crippen molar-refractivity contribution in [3.63, 3.8) is 0 Å². The molecule has 1 aromatic heterocycles. The minimum Gasteiger partial charge on any atom is -0.396 e. The molecule has 1 heterocycles. The van der Waals surface area contributed by atoms with Crippen molar-refractivity contribution < 1.29 is 13.5 Å². The van der Waals surface area contributed by atoms with Crippen LogP contribution < -0.4 is 0 Å². The molecule has 16 heavy (non-hydrogen) atoms. The van der Waals surface area contributed by atoms with E-state index in [9.17, 15) is 8.42 Å². The Morgan fingerprint density at radius 3 is 2.75 bits per heavy atom. The second-order valence-corrected chi connectivity index (χ2v) is 5.20. The van der Waals surface area contributed by atoms with Crippen LogP contribution in [-0.4, -0.2) is 42.5 Å². The Bertz CT molecular complexity index is 405. The van der Waals surface area contributed by atoms with E-state index in [-0.39, 0.29) is 11.5 Å². The van der Waals surface area contributed by atoms with Gasteiger partial charge in [-0.2, -0.15) is 4.31 Å². The predicted molar refractivity (Wildman–Crippen MR) is 60.4 cm³/mol. The molecule has 0 fully saturated rings. The molecule has 0 aliphatic rings. The van der Waals surface area contributed by atoms with E-state index in [2.05, 4.69) is 4.98 Å². The minimum atomic E-state index is -3.46. The number of aromatic nitrogens is 1. The average Bonchev–Trinajstić information content (AvgIpc) is 2.31. The summed E-state index contributed by atoms with van der Waals surface area (Å²) in [6.07, 6.45) is 3.30. The molecular formula is C10H16N2O3S. The summed E-state index contributed by atoms with van der Waals surface area (Å²) in [6, 6.07) is 3.11. The normalized spacial score (nSPS) is 11.9. The van der Waals surface area contributed by atoms with Crippen LogP contribution in [0.15, 0.2) is 29.4 Å². The number of nitrogens with zero attached hydrogens (tertiary/aromatic N) is 2. The number of sulfonamides is 1. The van der Waals surface area contributed by atoms with Crippen molar-refractivity contribution in [2.24, 2.45) is 0 Å². The molecule has 0 bridgehead atoms. The molecular weight excluding hydrogens is 228 g/mol. The maximum atomic E-state index is 12.1. The van der Waals surface area contributed by atoms with Gasteiger partial charge in [-0.1, -0.05) is 6.92 Å². The third kappa shape index (κ3) is 3.01. The molecule has 1 aromatic rings. The summed E-state index contributed by atoms with van der Waals surface area (Å²) in [5, 5.41) is 8.71. The molecule has 1 rings (SSSR count). The van der Waals surface area contributed by atoms with E-state index in [0.717, 1.165) is 0 Å². The summed E-state index contributed by atoms with van der Waals surface area (Å²) < 4.78 is 25.5. The molecule has 0 aliphatic carbocycles. The second-order valence-electron chi connectivity index (χ2n) is 3.26. The summed E-state index contributed by atoms with van der Waals surface area (Å²) in [4.78, 5) is 3.98. The van der Waals surface area contributed by atoms with Gasteiger partial charge in [0.2, 0.25) is 10.0 Å². The number of hydrogen-bond acceptors (Lipinski definition) is 4. The SMILES string of the molecule is CCN(CCCO)S(=O)(=O)c1cccnc1. The van der Waals surface area contributed by atoms with Crippen molar-refractivity contribution in [2.75, 3.05) is 19.7 Å². The fourth-order valence-electron chi connectivity index (χ4n) is 1.34. The number of pyridine rings is 1. The van der Waals surface area contributed by atoms with E-state index in [1.165, 1.54) is 22.8 Å². The number of aliphatic hydroxyl groups is 1. The first-order valence-electron chi connectivity index (χ1n) is 5.14. The highest BCUT2D eigenvalue weighted by Crippen LogP contribution is 2.13. The van der Waals surface area contributed by atoms with Crippen LogP contribution in [0.1, 0.15) is 13.3 Å². The van der Waals surface area contributed by atoms with Gasteiger partial charge in [0, 0.05) is 32.1 Å². The maximum Gasteiger partial charge on any atom is 0.244 e. The van der Waals surface area contributed by atoms with Gasteiger partial charge in [0.05, 0.1) is 0 Å². The average molecular weight is 244 g/mol. The molecule has 5 nitrogen and oxygen atoms in total. The third-order valence-electron chi connectivity index (χ3n) is 2.19. The second kappa shape index (κ2) is 5.93. The molecule has 1 N–H and O–H groups in total. The highest BCUT2D eigenvalue weighted by molar-refractivity contribution is 7.89. The van der Waals surface area contributed by atoms with Gasteiger partial charge in [-0.25, -0.2) is 8.42 Å². The van der Waals surface area contributed by atoms with E-state index in [4.69, 9.17) is 5.11 Å². The van der Waals surface area contributed by atoms with Crippen LogP contribution in [0.5, 0.6) is 0 Å². The fraction of sp³-hybridized carbons (Fsp3) is 0.500. The maximum absolute atomic E-state index is 12.1. The van der Waals surface area contributed by atoms with Gasteiger partial charge in [-0.15, -0.1) is 0 Å². The largest absolute Gasteiger partial charge is 0.396 e. The number of rotatable bonds is 6. The monoisotopic (exact) mass is 244 g/mol. The van der Waals surface area contributed by atoms with E-state index in [1.807, 2.05) is 0 Å². The molecule has 0 saturated heterocycles. The molecule has 0 radical (unpaired) electrons. The Labute approximate surface area is 95.8 Å². The van der Waals surface area contributed by atoms with Crippen molar-refractivity contribution in [3.05, 3.63) is 24.5 Å². The van der Waals surface area contributed by atoms with Gasteiger partial charge in [0.1, 0.15) is 4.90 Å². The molecule has 90 valence electrons. The predicted octanol–water partition coefficient (Wildman–Crippen LogP) is 0.475. The standard InChI is InChI=1S/C10H16N2O3S/c1-2-12(7-4-8-13)16(14,15)10-5-3-6-11-9-10/h3,5-6,9,13H,2,4,7-8H2,1H3.